The number of carbonyl (C=O) groups is 2. The number of ether oxygens (including phenoxy) is 2. The van der Waals surface area contributed by atoms with Crippen molar-refractivity contribution in [2.24, 2.45) is 0 Å². The Balaban J connectivity index is 2.14. The average molecular weight is 399 g/mol. The standard InChI is InChI=1S/C23H30N2O4/c1-5-14-24-23(27)18(3)25(15-19-10-12-20(28-4)13-11-19)22(26)16-29-21-9-7-6-8-17(21)2/h6-13,18H,5,14-16H2,1-4H3,(H,24,27). The Morgan fingerprint density at radius 2 is 1.79 bits per heavy atom. The summed E-state index contributed by atoms with van der Waals surface area (Å²) in [7, 11) is 1.61. The fourth-order valence-corrected chi connectivity index (χ4v) is 2.85. The largest absolute Gasteiger partial charge is 0.497 e. The van der Waals surface area contributed by atoms with E-state index in [0.29, 0.717) is 18.8 Å². The van der Waals surface area contributed by atoms with Crippen molar-refractivity contribution < 1.29 is 19.1 Å². The molecule has 0 aliphatic rings. The molecule has 1 atom stereocenters. The number of methoxy groups -OCH3 is 1. The number of benzene rings is 2. The van der Waals surface area contributed by atoms with Crippen molar-refractivity contribution >= 4 is 11.8 Å². The lowest BCUT2D eigenvalue weighted by Gasteiger charge is -2.29. The van der Waals surface area contributed by atoms with Gasteiger partial charge in [0.25, 0.3) is 5.91 Å². The van der Waals surface area contributed by atoms with Gasteiger partial charge in [0.1, 0.15) is 17.5 Å². The van der Waals surface area contributed by atoms with Crippen LogP contribution in [0.3, 0.4) is 0 Å². The van der Waals surface area contributed by atoms with Gasteiger partial charge in [0.2, 0.25) is 5.91 Å². The minimum Gasteiger partial charge on any atom is -0.497 e. The van der Waals surface area contributed by atoms with Crippen LogP contribution in [-0.2, 0) is 16.1 Å². The molecule has 2 aromatic rings. The summed E-state index contributed by atoms with van der Waals surface area (Å²) in [6.07, 6.45) is 0.835. The summed E-state index contributed by atoms with van der Waals surface area (Å²) in [4.78, 5) is 27.0. The normalized spacial score (nSPS) is 11.4. The molecule has 29 heavy (non-hydrogen) atoms. The maximum atomic E-state index is 13.0. The van der Waals surface area contributed by atoms with E-state index in [2.05, 4.69) is 5.32 Å². The first-order chi connectivity index (χ1) is 14.0. The third kappa shape index (κ3) is 6.52. The fourth-order valence-electron chi connectivity index (χ4n) is 2.85. The second kappa shape index (κ2) is 11.1. The molecular weight excluding hydrogens is 368 g/mol. The maximum Gasteiger partial charge on any atom is 0.261 e. The molecule has 156 valence electrons. The fraction of sp³-hybridized carbons (Fsp3) is 0.391. The van der Waals surface area contributed by atoms with Gasteiger partial charge in [-0.3, -0.25) is 9.59 Å². The zero-order chi connectivity index (χ0) is 21.2. The second-order valence-electron chi connectivity index (χ2n) is 6.89. The third-order valence-corrected chi connectivity index (χ3v) is 4.67. The van der Waals surface area contributed by atoms with Crippen molar-refractivity contribution in [3.8, 4) is 11.5 Å². The van der Waals surface area contributed by atoms with Gasteiger partial charge in [-0.05, 0) is 49.6 Å². The smallest absolute Gasteiger partial charge is 0.261 e. The predicted octanol–water partition coefficient (Wildman–Crippen LogP) is 3.33. The Bertz CT molecular complexity index is 805. The van der Waals surface area contributed by atoms with Crippen LogP contribution in [0, 0.1) is 6.92 Å². The van der Waals surface area contributed by atoms with Crippen molar-refractivity contribution in [1.29, 1.82) is 0 Å². The van der Waals surface area contributed by atoms with E-state index in [-0.39, 0.29) is 18.4 Å². The van der Waals surface area contributed by atoms with Crippen LogP contribution in [-0.4, -0.2) is 43.0 Å². The van der Waals surface area contributed by atoms with E-state index in [1.807, 2.05) is 62.4 Å². The van der Waals surface area contributed by atoms with E-state index in [0.717, 1.165) is 23.3 Å². The van der Waals surface area contributed by atoms with Crippen molar-refractivity contribution in [2.75, 3.05) is 20.3 Å². The van der Waals surface area contributed by atoms with Gasteiger partial charge in [-0.15, -0.1) is 0 Å². The predicted molar refractivity (Wildman–Crippen MR) is 113 cm³/mol. The number of nitrogens with one attached hydrogen (secondary N) is 1. The molecule has 0 aliphatic carbocycles. The first-order valence-corrected chi connectivity index (χ1v) is 9.84. The van der Waals surface area contributed by atoms with Crippen molar-refractivity contribution in [3.05, 3.63) is 59.7 Å². The van der Waals surface area contributed by atoms with E-state index in [1.165, 1.54) is 0 Å². The lowest BCUT2D eigenvalue weighted by Crippen LogP contribution is -2.49. The Kier molecular flexibility index (Phi) is 8.52. The highest BCUT2D eigenvalue weighted by Crippen LogP contribution is 2.18. The molecule has 2 amide bonds. The molecule has 1 N–H and O–H groups in total. The van der Waals surface area contributed by atoms with Crippen LogP contribution in [0.1, 0.15) is 31.4 Å². The highest BCUT2D eigenvalue weighted by Gasteiger charge is 2.26. The molecule has 6 nitrogen and oxygen atoms in total. The summed E-state index contributed by atoms with van der Waals surface area (Å²) in [5.74, 6) is 0.976. The molecule has 2 aromatic carbocycles. The SMILES string of the molecule is CCCNC(=O)C(C)N(Cc1ccc(OC)cc1)C(=O)COc1ccccc1C. The first kappa shape index (κ1) is 22.3. The Morgan fingerprint density at radius 3 is 2.41 bits per heavy atom. The van der Waals surface area contributed by atoms with Crippen molar-refractivity contribution in [1.82, 2.24) is 10.2 Å². The molecule has 0 aromatic heterocycles. The number of hydrogen-bond acceptors (Lipinski definition) is 4. The van der Waals surface area contributed by atoms with E-state index < -0.39 is 6.04 Å². The Morgan fingerprint density at radius 1 is 1.10 bits per heavy atom. The lowest BCUT2D eigenvalue weighted by molar-refractivity contribution is -0.142. The molecular formula is C23H30N2O4. The summed E-state index contributed by atoms with van der Waals surface area (Å²) in [5, 5.41) is 2.86. The van der Waals surface area contributed by atoms with Gasteiger partial charge in [0.05, 0.1) is 7.11 Å². The number of para-hydroxylation sites is 1. The molecule has 2 rings (SSSR count). The van der Waals surface area contributed by atoms with Crippen LogP contribution in [0.25, 0.3) is 0 Å². The molecule has 0 radical (unpaired) electrons. The van der Waals surface area contributed by atoms with Crippen molar-refractivity contribution in [2.45, 2.75) is 39.8 Å². The van der Waals surface area contributed by atoms with Crippen LogP contribution < -0.4 is 14.8 Å². The van der Waals surface area contributed by atoms with Gasteiger partial charge in [-0.1, -0.05) is 37.3 Å². The monoisotopic (exact) mass is 398 g/mol. The second-order valence-corrected chi connectivity index (χ2v) is 6.89. The molecule has 0 spiro atoms. The molecule has 0 fully saturated rings. The highest BCUT2D eigenvalue weighted by atomic mass is 16.5. The number of aryl methyl sites for hydroxylation is 1. The Hall–Kier alpha value is -3.02. The van der Waals surface area contributed by atoms with Gasteiger partial charge in [-0.25, -0.2) is 0 Å². The van der Waals surface area contributed by atoms with E-state index in [1.54, 1.807) is 18.9 Å². The van der Waals surface area contributed by atoms with Gasteiger partial charge in [0, 0.05) is 13.1 Å². The van der Waals surface area contributed by atoms with Gasteiger partial charge < -0.3 is 19.7 Å². The number of hydrogen-bond donors (Lipinski definition) is 1. The summed E-state index contributed by atoms with van der Waals surface area (Å²) in [6.45, 7) is 6.40. The van der Waals surface area contributed by atoms with Gasteiger partial charge >= 0.3 is 0 Å². The van der Waals surface area contributed by atoms with Crippen LogP contribution in [0.5, 0.6) is 11.5 Å². The quantitative estimate of drug-likeness (QED) is 0.667. The third-order valence-electron chi connectivity index (χ3n) is 4.67. The average Bonchev–Trinajstić information content (AvgIpc) is 2.75. The van der Waals surface area contributed by atoms with Crippen LogP contribution in [0.2, 0.25) is 0 Å². The van der Waals surface area contributed by atoms with Crippen LogP contribution in [0.4, 0.5) is 0 Å². The minimum atomic E-state index is -0.614. The summed E-state index contributed by atoms with van der Waals surface area (Å²) in [6, 6.07) is 14.4. The number of nitrogens with zero attached hydrogens (tertiary/aromatic N) is 1. The van der Waals surface area contributed by atoms with Crippen LogP contribution >= 0.6 is 0 Å². The van der Waals surface area contributed by atoms with E-state index in [9.17, 15) is 9.59 Å². The Labute approximate surface area is 172 Å². The van der Waals surface area contributed by atoms with Gasteiger partial charge in [-0.2, -0.15) is 0 Å². The molecule has 0 saturated carbocycles. The topological polar surface area (TPSA) is 67.9 Å². The number of rotatable bonds is 10. The van der Waals surface area contributed by atoms with Gasteiger partial charge in [0.15, 0.2) is 6.61 Å². The first-order valence-electron chi connectivity index (χ1n) is 9.84. The molecule has 1 unspecified atom stereocenters. The van der Waals surface area contributed by atoms with Crippen molar-refractivity contribution in [3.63, 3.8) is 0 Å². The molecule has 6 heteroatoms. The zero-order valence-electron chi connectivity index (χ0n) is 17.6. The summed E-state index contributed by atoms with van der Waals surface area (Å²) in [5.41, 5.74) is 1.86. The molecule has 0 aliphatic heterocycles. The van der Waals surface area contributed by atoms with E-state index >= 15 is 0 Å². The lowest BCUT2D eigenvalue weighted by atomic mass is 10.1. The summed E-state index contributed by atoms with van der Waals surface area (Å²) >= 11 is 0. The minimum absolute atomic E-state index is 0.133. The molecule has 0 bridgehead atoms. The number of amides is 2. The molecule has 0 saturated heterocycles. The van der Waals surface area contributed by atoms with Crippen LogP contribution in [0.15, 0.2) is 48.5 Å². The highest BCUT2D eigenvalue weighted by molar-refractivity contribution is 5.87. The van der Waals surface area contributed by atoms with E-state index in [4.69, 9.17) is 9.47 Å². The zero-order valence-corrected chi connectivity index (χ0v) is 17.6. The number of carbonyl (C=O) groups excluding carboxylic acids is 2. The summed E-state index contributed by atoms with van der Waals surface area (Å²) < 4.78 is 10.9. The maximum absolute atomic E-state index is 13.0. The molecule has 0 heterocycles.